The smallest absolute Gasteiger partial charge is 0.339 e. The summed E-state index contributed by atoms with van der Waals surface area (Å²) in [5.74, 6) is -1.32. The maximum Gasteiger partial charge on any atom is 0.339 e. The summed E-state index contributed by atoms with van der Waals surface area (Å²) in [5.41, 5.74) is 5.96. The van der Waals surface area contributed by atoms with Crippen LogP contribution in [-0.4, -0.2) is 16.2 Å². The van der Waals surface area contributed by atoms with Gasteiger partial charge in [-0.25, -0.2) is 4.79 Å². The summed E-state index contributed by atoms with van der Waals surface area (Å²) in [4.78, 5) is 10.7. The van der Waals surface area contributed by atoms with Gasteiger partial charge in [-0.1, -0.05) is 48.0 Å². The quantitative estimate of drug-likeness (QED) is 0.589. The Morgan fingerprint density at radius 1 is 0.955 bits per heavy atom. The molecule has 0 aliphatic heterocycles. The van der Waals surface area contributed by atoms with Crippen molar-refractivity contribution in [1.82, 2.24) is 0 Å². The standard InChI is InChI=1S/C11H8O3.C6H6ClN/c12-10-6-8-4-2-1-3-7(8)5-9(10)11(13)14;7-5-3-1-2-4-6(5)8/h1-6,12H,(H,13,14);1-4H,8H2. The Labute approximate surface area is 132 Å². The van der Waals surface area contributed by atoms with E-state index in [1.54, 1.807) is 18.2 Å². The Bertz CT molecular complexity index is 797. The summed E-state index contributed by atoms with van der Waals surface area (Å²) < 4.78 is 0. The second kappa shape index (κ2) is 6.83. The Balaban J connectivity index is 0.000000188. The molecule has 0 amide bonds. The molecule has 0 unspecified atom stereocenters. The van der Waals surface area contributed by atoms with Crippen molar-refractivity contribution >= 4 is 34.0 Å². The highest BCUT2D eigenvalue weighted by molar-refractivity contribution is 6.33. The minimum atomic E-state index is -1.12. The first-order valence-electron chi connectivity index (χ1n) is 6.44. The first-order valence-corrected chi connectivity index (χ1v) is 6.82. The number of carboxylic acids is 1. The molecule has 0 spiro atoms. The number of aromatic carboxylic acids is 1. The second-order valence-corrected chi connectivity index (χ2v) is 4.95. The van der Waals surface area contributed by atoms with E-state index in [4.69, 9.17) is 22.4 Å². The number of hydrogen-bond acceptors (Lipinski definition) is 3. The Morgan fingerprint density at radius 2 is 1.50 bits per heavy atom. The molecule has 0 saturated carbocycles. The van der Waals surface area contributed by atoms with E-state index in [0.29, 0.717) is 10.7 Å². The molecule has 4 nitrogen and oxygen atoms in total. The van der Waals surface area contributed by atoms with Crippen LogP contribution in [0.25, 0.3) is 10.8 Å². The number of halogens is 1. The molecule has 3 rings (SSSR count). The van der Waals surface area contributed by atoms with Gasteiger partial charge in [0.1, 0.15) is 11.3 Å². The molecule has 0 heterocycles. The summed E-state index contributed by atoms with van der Waals surface area (Å²) in [6.45, 7) is 0. The van der Waals surface area contributed by atoms with Crippen LogP contribution in [0.1, 0.15) is 10.4 Å². The van der Waals surface area contributed by atoms with Crippen molar-refractivity contribution in [3.63, 3.8) is 0 Å². The van der Waals surface area contributed by atoms with E-state index in [1.165, 1.54) is 12.1 Å². The Morgan fingerprint density at radius 3 is 2.00 bits per heavy atom. The van der Waals surface area contributed by atoms with Crippen molar-refractivity contribution in [2.24, 2.45) is 0 Å². The molecule has 0 radical (unpaired) electrons. The lowest BCUT2D eigenvalue weighted by atomic mass is 10.1. The zero-order valence-electron chi connectivity index (χ0n) is 11.5. The van der Waals surface area contributed by atoms with Crippen molar-refractivity contribution in [2.45, 2.75) is 0 Å². The summed E-state index contributed by atoms with van der Waals surface area (Å²) in [7, 11) is 0. The van der Waals surface area contributed by atoms with Crippen molar-refractivity contribution in [2.75, 3.05) is 5.73 Å². The average Bonchev–Trinajstić information content (AvgIpc) is 2.50. The van der Waals surface area contributed by atoms with E-state index in [-0.39, 0.29) is 11.3 Å². The molecule has 3 aromatic carbocycles. The highest BCUT2D eigenvalue weighted by Gasteiger charge is 2.09. The number of anilines is 1. The number of hydrogen-bond donors (Lipinski definition) is 3. The van der Waals surface area contributed by atoms with Crippen molar-refractivity contribution in [1.29, 1.82) is 0 Å². The molecule has 0 aromatic heterocycles. The largest absolute Gasteiger partial charge is 0.507 e. The predicted octanol–water partition coefficient (Wildman–Crippen LogP) is 4.17. The molecular weight excluding hydrogens is 302 g/mol. The van der Waals surface area contributed by atoms with Crippen LogP contribution in [0.15, 0.2) is 60.7 Å². The number of aromatic hydroxyl groups is 1. The number of phenols is 1. The maximum absolute atomic E-state index is 10.7. The van der Waals surface area contributed by atoms with E-state index < -0.39 is 5.97 Å². The number of para-hydroxylation sites is 1. The minimum Gasteiger partial charge on any atom is -0.507 e. The number of nitrogen functional groups attached to an aromatic ring is 1. The molecule has 0 bridgehead atoms. The van der Waals surface area contributed by atoms with E-state index in [0.717, 1.165) is 10.8 Å². The number of rotatable bonds is 1. The predicted molar refractivity (Wildman–Crippen MR) is 88.4 cm³/mol. The number of carboxylic acid groups (broad SMARTS) is 1. The van der Waals surface area contributed by atoms with Gasteiger partial charge < -0.3 is 15.9 Å². The van der Waals surface area contributed by atoms with Crippen LogP contribution in [0.2, 0.25) is 5.02 Å². The topological polar surface area (TPSA) is 83.6 Å². The number of nitrogens with two attached hydrogens (primary N) is 1. The molecule has 0 fully saturated rings. The van der Waals surface area contributed by atoms with E-state index in [2.05, 4.69) is 0 Å². The van der Waals surface area contributed by atoms with Crippen LogP contribution >= 0.6 is 11.6 Å². The van der Waals surface area contributed by atoms with Crippen LogP contribution in [0, 0.1) is 0 Å². The zero-order chi connectivity index (χ0) is 16.1. The lowest BCUT2D eigenvalue weighted by molar-refractivity contribution is 0.0694. The third kappa shape index (κ3) is 3.68. The molecule has 0 aliphatic carbocycles. The van der Waals surface area contributed by atoms with Gasteiger partial charge in [-0.3, -0.25) is 0 Å². The van der Waals surface area contributed by atoms with Gasteiger partial charge in [0.2, 0.25) is 0 Å². The van der Waals surface area contributed by atoms with Gasteiger partial charge in [0, 0.05) is 0 Å². The van der Waals surface area contributed by atoms with Gasteiger partial charge in [-0.05, 0) is 35.0 Å². The average molecular weight is 316 g/mol. The number of benzene rings is 3. The minimum absolute atomic E-state index is 0.0660. The summed E-state index contributed by atoms with van der Waals surface area (Å²) in [6.07, 6.45) is 0. The van der Waals surface area contributed by atoms with Gasteiger partial charge >= 0.3 is 5.97 Å². The monoisotopic (exact) mass is 315 g/mol. The third-order valence-electron chi connectivity index (χ3n) is 3.00. The van der Waals surface area contributed by atoms with E-state index >= 15 is 0 Å². The van der Waals surface area contributed by atoms with E-state index in [1.807, 2.05) is 30.3 Å². The van der Waals surface area contributed by atoms with Crippen molar-refractivity contribution in [3.05, 3.63) is 71.2 Å². The fourth-order valence-electron chi connectivity index (χ4n) is 1.87. The van der Waals surface area contributed by atoms with Crippen LogP contribution in [0.4, 0.5) is 5.69 Å². The maximum atomic E-state index is 10.7. The molecule has 0 saturated heterocycles. The Hall–Kier alpha value is -2.72. The number of carbonyl (C=O) groups is 1. The molecule has 22 heavy (non-hydrogen) atoms. The summed E-state index contributed by atoms with van der Waals surface area (Å²) >= 11 is 5.58. The zero-order valence-corrected chi connectivity index (χ0v) is 12.3. The molecule has 3 aromatic rings. The summed E-state index contributed by atoms with van der Waals surface area (Å²) in [6, 6.07) is 17.4. The molecule has 4 N–H and O–H groups in total. The van der Waals surface area contributed by atoms with Crippen LogP contribution in [0.3, 0.4) is 0 Å². The molecule has 112 valence electrons. The highest BCUT2D eigenvalue weighted by Crippen LogP contribution is 2.24. The molecular formula is C17H14ClNO3. The normalized spacial score (nSPS) is 9.86. The highest BCUT2D eigenvalue weighted by atomic mass is 35.5. The van der Waals surface area contributed by atoms with Crippen LogP contribution in [-0.2, 0) is 0 Å². The van der Waals surface area contributed by atoms with Gasteiger partial charge in [-0.2, -0.15) is 0 Å². The first kappa shape index (κ1) is 15.7. The Kier molecular flexibility index (Phi) is 4.86. The lowest BCUT2D eigenvalue weighted by Gasteiger charge is -2.02. The van der Waals surface area contributed by atoms with Gasteiger partial charge in [0.15, 0.2) is 0 Å². The van der Waals surface area contributed by atoms with Crippen LogP contribution in [0.5, 0.6) is 5.75 Å². The van der Waals surface area contributed by atoms with Gasteiger partial charge in [0.25, 0.3) is 0 Å². The number of fused-ring (bicyclic) bond motifs is 1. The fourth-order valence-corrected chi connectivity index (χ4v) is 2.01. The third-order valence-corrected chi connectivity index (χ3v) is 3.34. The SMILES string of the molecule is Nc1ccccc1Cl.O=C(O)c1cc2ccccc2cc1O. The molecule has 0 atom stereocenters. The van der Waals surface area contributed by atoms with Crippen molar-refractivity contribution < 1.29 is 15.0 Å². The fraction of sp³-hybridized carbons (Fsp3) is 0. The molecule has 5 heteroatoms. The van der Waals surface area contributed by atoms with Crippen LogP contribution < -0.4 is 5.73 Å². The first-order chi connectivity index (χ1) is 10.5. The summed E-state index contributed by atoms with van der Waals surface area (Å²) in [5, 5.41) is 20.4. The lowest BCUT2D eigenvalue weighted by Crippen LogP contribution is -1.96. The second-order valence-electron chi connectivity index (χ2n) is 4.54. The van der Waals surface area contributed by atoms with E-state index in [9.17, 15) is 9.90 Å². The molecule has 0 aliphatic rings. The van der Waals surface area contributed by atoms with Gasteiger partial charge in [-0.15, -0.1) is 0 Å². The van der Waals surface area contributed by atoms with Crippen molar-refractivity contribution in [3.8, 4) is 5.75 Å². The van der Waals surface area contributed by atoms with Gasteiger partial charge in [0.05, 0.1) is 10.7 Å².